The fourth-order valence-electron chi connectivity index (χ4n) is 3.95. The maximum Gasteiger partial charge on any atom is 0.312 e. The van der Waals surface area contributed by atoms with Crippen LogP contribution in [0.1, 0.15) is 32.9 Å². The van der Waals surface area contributed by atoms with Crippen molar-refractivity contribution in [1.29, 1.82) is 0 Å². The average molecular weight is 450 g/mol. The molecule has 0 aliphatic carbocycles. The van der Waals surface area contributed by atoms with Gasteiger partial charge in [-0.2, -0.15) is 5.10 Å². The van der Waals surface area contributed by atoms with Crippen LogP contribution in [0, 0.1) is 24.0 Å². The van der Waals surface area contributed by atoms with Crippen LogP contribution in [0.4, 0.5) is 11.4 Å². The molecule has 9 heteroatoms. The van der Waals surface area contributed by atoms with Crippen LogP contribution in [0.2, 0.25) is 0 Å². The van der Waals surface area contributed by atoms with Crippen molar-refractivity contribution in [1.82, 2.24) is 14.7 Å². The average Bonchev–Trinajstić information content (AvgIpc) is 3.09. The first kappa shape index (κ1) is 22.6. The number of benzene rings is 2. The van der Waals surface area contributed by atoms with Crippen molar-refractivity contribution in [2.24, 2.45) is 0 Å². The first-order valence-corrected chi connectivity index (χ1v) is 10.9. The number of amides is 1. The van der Waals surface area contributed by atoms with Crippen molar-refractivity contribution in [3.63, 3.8) is 0 Å². The lowest BCUT2D eigenvalue weighted by Gasteiger charge is -2.26. The summed E-state index contributed by atoms with van der Waals surface area (Å²) in [5.41, 5.74) is 4.33. The highest BCUT2D eigenvalue weighted by Gasteiger charge is 2.21. The Morgan fingerprint density at radius 2 is 1.64 bits per heavy atom. The first-order chi connectivity index (χ1) is 15.9. The number of hydrogen-bond acceptors (Lipinski definition) is 6. The highest BCUT2D eigenvalue weighted by Crippen LogP contribution is 2.22. The zero-order valence-electron chi connectivity index (χ0n) is 18.8. The first-order valence-electron chi connectivity index (χ1n) is 10.9. The number of ether oxygens (including phenoxy) is 1. The molecular formula is C24H27N5O4. The third-order valence-electron chi connectivity index (χ3n) is 5.80. The SMILES string of the molecule is Cc1nn(Cc2ccc(C(=O)Nc3ccc(CN4CCOCC4)cc3)cc2)c(C)c1[N+](=O)[O-]. The summed E-state index contributed by atoms with van der Waals surface area (Å²) in [5, 5.41) is 18.4. The molecule has 0 saturated carbocycles. The Bertz CT molecular complexity index is 1130. The number of aromatic nitrogens is 2. The molecule has 2 heterocycles. The van der Waals surface area contributed by atoms with Gasteiger partial charge >= 0.3 is 5.69 Å². The van der Waals surface area contributed by atoms with Crippen molar-refractivity contribution in [3.8, 4) is 0 Å². The second kappa shape index (κ2) is 9.93. The Balaban J connectivity index is 1.35. The molecule has 33 heavy (non-hydrogen) atoms. The summed E-state index contributed by atoms with van der Waals surface area (Å²) in [6.07, 6.45) is 0. The van der Waals surface area contributed by atoms with Gasteiger partial charge in [-0.1, -0.05) is 24.3 Å². The minimum Gasteiger partial charge on any atom is -0.379 e. The van der Waals surface area contributed by atoms with E-state index >= 15 is 0 Å². The van der Waals surface area contributed by atoms with Crippen LogP contribution in [0.15, 0.2) is 48.5 Å². The Morgan fingerprint density at radius 3 is 2.24 bits per heavy atom. The van der Waals surface area contributed by atoms with E-state index in [-0.39, 0.29) is 11.6 Å². The van der Waals surface area contributed by atoms with E-state index in [1.165, 1.54) is 5.56 Å². The highest BCUT2D eigenvalue weighted by atomic mass is 16.6. The molecule has 0 radical (unpaired) electrons. The van der Waals surface area contributed by atoms with Gasteiger partial charge in [-0.3, -0.25) is 24.5 Å². The van der Waals surface area contributed by atoms with Gasteiger partial charge in [-0.15, -0.1) is 0 Å². The molecule has 4 rings (SSSR count). The molecule has 1 amide bonds. The van der Waals surface area contributed by atoms with Gasteiger partial charge in [-0.05, 0) is 49.2 Å². The van der Waals surface area contributed by atoms with Crippen molar-refractivity contribution in [3.05, 3.63) is 86.7 Å². The minimum atomic E-state index is -0.406. The number of anilines is 1. The second-order valence-corrected chi connectivity index (χ2v) is 8.17. The van der Waals surface area contributed by atoms with Gasteiger partial charge < -0.3 is 10.1 Å². The third kappa shape index (κ3) is 5.44. The summed E-state index contributed by atoms with van der Waals surface area (Å²) in [6.45, 7) is 8.00. The van der Waals surface area contributed by atoms with Crippen LogP contribution in [0.25, 0.3) is 0 Å². The van der Waals surface area contributed by atoms with Gasteiger partial charge in [0.05, 0.1) is 24.7 Å². The Morgan fingerprint density at radius 1 is 1.03 bits per heavy atom. The lowest BCUT2D eigenvalue weighted by molar-refractivity contribution is -0.386. The van der Waals surface area contributed by atoms with Crippen molar-refractivity contribution in [2.45, 2.75) is 26.9 Å². The number of rotatable bonds is 7. The van der Waals surface area contributed by atoms with Gasteiger partial charge in [0.15, 0.2) is 0 Å². The van der Waals surface area contributed by atoms with Crippen LogP contribution < -0.4 is 5.32 Å². The number of nitrogens with zero attached hydrogens (tertiary/aromatic N) is 4. The van der Waals surface area contributed by atoms with Crippen LogP contribution in [-0.2, 0) is 17.8 Å². The summed E-state index contributed by atoms with van der Waals surface area (Å²) in [4.78, 5) is 25.8. The van der Waals surface area contributed by atoms with Gasteiger partial charge in [0, 0.05) is 30.9 Å². The van der Waals surface area contributed by atoms with Gasteiger partial charge in [0.2, 0.25) is 0 Å². The molecule has 1 aliphatic rings. The van der Waals surface area contributed by atoms with Crippen LogP contribution in [-0.4, -0.2) is 51.8 Å². The quantitative estimate of drug-likeness (QED) is 0.437. The molecule has 1 aliphatic heterocycles. The van der Waals surface area contributed by atoms with E-state index in [2.05, 4.69) is 15.3 Å². The fourth-order valence-corrected chi connectivity index (χ4v) is 3.95. The fraction of sp³-hybridized carbons (Fsp3) is 0.333. The van der Waals surface area contributed by atoms with Crippen LogP contribution in [0.3, 0.4) is 0 Å². The third-order valence-corrected chi connectivity index (χ3v) is 5.80. The molecule has 1 aromatic heterocycles. The van der Waals surface area contributed by atoms with E-state index in [0.29, 0.717) is 23.5 Å². The largest absolute Gasteiger partial charge is 0.379 e. The maximum absolute atomic E-state index is 12.6. The van der Waals surface area contributed by atoms with Gasteiger partial charge in [0.1, 0.15) is 11.4 Å². The maximum atomic E-state index is 12.6. The predicted molar refractivity (Wildman–Crippen MR) is 124 cm³/mol. The molecule has 0 unspecified atom stereocenters. The summed E-state index contributed by atoms with van der Waals surface area (Å²) in [5.74, 6) is -0.191. The van der Waals surface area contributed by atoms with E-state index in [4.69, 9.17) is 4.74 Å². The molecule has 1 fully saturated rings. The summed E-state index contributed by atoms with van der Waals surface area (Å²) >= 11 is 0. The zero-order chi connectivity index (χ0) is 23.4. The van der Waals surface area contributed by atoms with E-state index in [9.17, 15) is 14.9 Å². The number of hydrogen-bond donors (Lipinski definition) is 1. The molecule has 172 valence electrons. The van der Waals surface area contributed by atoms with Gasteiger partial charge in [-0.25, -0.2) is 0 Å². The Labute approximate surface area is 192 Å². The number of aryl methyl sites for hydroxylation is 1. The predicted octanol–water partition coefficient (Wildman–Crippen LogP) is 3.54. The monoisotopic (exact) mass is 449 g/mol. The molecule has 1 N–H and O–H groups in total. The van der Waals surface area contributed by atoms with Crippen molar-refractivity contribution >= 4 is 17.3 Å². The van der Waals surface area contributed by atoms with Crippen LogP contribution >= 0.6 is 0 Å². The van der Waals surface area contributed by atoms with E-state index < -0.39 is 4.92 Å². The molecule has 0 bridgehead atoms. The van der Waals surface area contributed by atoms with Gasteiger partial charge in [0.25, 0.3) is 5.91 Å². The lowest BCUT2D eigenvalue weighted by atomic mass is 10.1. The minimum absolute atomic E-state index is 0.0435. The number of nitrogens with one attached hydrogen (secondary N) is 1. The van der Waals surface area contributed by atoms with Crippen molar-refractivity contribution in [2.75, 3.05) is 31.6 Å². The van der Waals surface area contributed by atoms with E-state index in [1.807, 2.05) is 36.4 Å². The van der Waals surface area contributed by atoms with Crippen molar-refractivity contribution < 1.29 is 14.5 Å². The highest BCUT2D eigenvalue weighted by molar-refractivity contribution is 6.04. The number of morpholine rings is 1. The lowest BCUT2D eigenvalue weighted by Crippen LogP contribution is -2.35. The summed E-state index contributed by atoms with van der Waals surface area (Å²) in [6, 6.07) is 15.1. The number of nitro groups is 1. The molecule has 2 aromatic carbocycles. The van der Waals surface area contributed by atoms with E-state index in [1.54, 1.807) is 30.7 Å². The molecule has 0 atom stereocenters. The number of carbonyl (C=O) groups is 1. The molecular weight excluding hydrogens is 422 g/mol. The standard InChI is InChI=1S/C24H27N5O4/c1-17-23(29(31)32)18(2)28(26-17)16-20-3-7-21(8-4-20)24(30)25-22-9-5-19(6-10-22)15-27-11-13-33-14-12-27/h3-10H,11-16H2,1-2H3,(H,25,30). The second-order valence-electron chi connectivity index (χ2n) is 8.17. The summed E-state index contributed by atoms with van der Waals surface area (Å²) in [7, 11) is 0. The molecule has 1 saturated heterocycles. The molecule has 3 aromatic rings. The summed E-state index contributed by atoms with van der Waals surface area (Å²) < 4.78 is 6.99. The zero-order valence-corrected chi connectivity index (χ0v) is 18.8. The Hall–Kier alpha value is -3.56. The van der Waals surface area contributed by atoms with E-state index in [0.717, 1.165) is 44.1 Å². The molecule has 9 nitrogen and oxygen atoms in total. The van der Waals surface area contributed by atoms with Crippen LogP contribution in [0.5, 0.6) is 0 Å². The topological polar surface area (TPSA) is 103 Å². The Kier molecular flexibility index (Phi) is 6.81. The normalized spacial score (nSPS) is 14.2. The number of carbonyl (C=O) groups excluding carboxylic acids is 1. The smallest absolute Gasteiger partial charge is 0.312 e. The molecule has 0 spiro atoms.